The summed E-state index contributed by atoms with van der Waals surface area (Å²) in [5.74, 6) is 4.21. The molecular weight excluding hydrogens is 300 g/mol. The number of hydrogen-bond donors (Lipinski definition) is 1. The molecule has 0 bridgehead atoms. The van der Waals surface area contributed by atoms with E-state index in [2.05, 4.69) is 6.92 Å². The molecule has 4 saturated carbocycles. The van der Waals surface area contributed by atoms with Gasteiger partial charge in [-0.3, -0.25) is 4.79 Å². The molecule has 3 heteroatoms. The number of ether oxygens (including phenoxy) is 1. The van der Waals surface area contributed by atoms with Crippen LogP contribution < -0.4 is 0 Å². The zero-order valence-electron chi connectivity index (χ0n) is 15.4. The number of ketones is 1. The van der Waals surface area contributed by atoms with Crippen LogP contribution in [0.1, 0.15) is 71.1 Å². The molecule has 4 rings (SSSR count). The molecule has 0 aromatic heterocycles. The Hall–Kier alpha value is -0.410. The van der Waals surface area contributed by atoms with E-state index in [0.29, 0.717) is 24.2 Å². The molecule has 0 radical (unpaired) electrons. The molecule has 1 N–H and O–H groups in total. The lowest BCUT2D eigenvalue weighted by Crippen LogP contribution is -2.54. The fourth-order valence-electron chi connectivity index (χ4n) is 7.33. The molecule has 0 aromatic rings. The minimum Gasteiger partial charge on any atom is -0.387 e. The van der Waals surface area contributed by atoms with Gasteiger partial charge in [0.05, 0.1) is 12.2 Å². The zero-order valence-corrected chi connectivity index (χ0v) is 15.4. The van der Waals surface area contributed by atoms with E-state index in [4.69, 9.17) is 4.74 Å². The number of carbonyl (C=O) groups is 1. The summed E-state index contributed by atoms with van der Waals surface area (Å²) in [5.41, 5.74) is -0.607. The van der Waals surface area contributed by atoms with Crippen molar-refractivity contribution >= 4 is 5.78 Å². The number of rotatable bonds is 2. The van der Waals surface area contributed by atoms with Gasteiger partial charge < -0.3 is 9.84 Å². The highest BCUT2D eigenvalue weighted by molar-refractivity contribution is 5.85. The number of carbonyl (C=O) groups excluding carboxylic acids is 1. The average molecular weight is 335 g/mol. The smallest absolute Gasteiger partial charge is 0.139 e. The fourth-order valence-corrected chi connectivity index (χ4v) is 7.33. The van der Waals surface area contributed by atoms with Crippen LogP contribution in [0.15, 0.2) is 0 Å². The van der Waals surface area contributed by atoms with Gasteiger partial charge in [-0.1, -0.05) is 6.92 Å². The second kappa shape index (κ2) is 6.09. The van der Waals surface area contributed by atoms with Crippen molar-refractivity contribution in [3.05, 3.63) is 0 Å². The summed E-state index contributed by atoms with van der Waals surface area (Å²) < 4.78 is 5.28. The summed E-state index contributed by atoms with van der Waals surface area (Å²) in [4.78, 5) is 12.6. The van der Waals surface area contributed by atoms with Crippen LogP contribution in [-0.4, -0.2) is 30.2 Å². The Morgan fingerprint density at radius 3 is 2.67 bits per heavy atom. The van der Waals surface area contributed by atoms with Crippen LogP contribution in [0.3, 0.4) is 0 Å². The standard InChI is InChI=1S/C21H34O3/c1-20-10-8-16-15-9-11-21(23,13-24-2)12-14(15)6-7-17(16)18(20)4-3-5-19(20)22/h14-18,23H,3-13H2,1-2H3/t14-,15-,16+,17+,18-,20-,21+/m0/s1. The monoisotopic (exact) mass is 334 g/mol. The summed E-state index contributed by atoms with van der Waals surface area (Å²) in [6.45, 7) is 2.76. The SMILES string of the molecule is COC[C@@]1(O)CC[C@H]2[C@@H](CC[C@@H]3[C@@H]2CC[C@]2(C)C(=O)CCC[C@@H]32)C1. The van der Waals surface area contributed by atoms with Crippen LogP contribution in [0, 0.1) is 35.0 Å². The lowest BCUT2D eigenvalue weighted by atomic mass is 9.46. The van der Waals surface area contributed by atoms with E-state index < -0.39 is 5.60 Å². The topological polar surface area (TPSA) is 46.5 Å². The molecule has 0 amide bonds. The molecule has 0 saturated heterocycles. The van der Waals surface area contributed by atoms with E-state index in [1.54, 1.807) is 7.11 Å². The number of methoxy groups -OCH3 is 1. The van der Waals surface area contributed by atoms with Gasteiger partial charge in [0.2, 0.25) is 0 Å². The van der Waals surface area contributed by atoms with Crippen molar-refractivity contribution in [2.45, 2.75) is 76.7 Å². The maximum Gasteiger partial charge on any atom is 0.139 e. The molecule has 0 heterocycles. The number of fused-ring (bicyclic) bond motifs is 5. The predicted octanol–water partition coefficient (Wildman–Crippen LogP) is 3.98. The van der Waals surface area contributed by atoms with E-state index in [0.717, 1.165) is 56.3 Å². The van der Waals surface area contributed by atoms with Gasteiger partial charge in [0.1, 0.15) is 5.78 Å². The zero-order chi connectivity index (χ0) is 16.9. The van der Waals surface area contributed by atoms with Crippen molar-refractivity contribution in [3.8, 4) is 0 Å². The van der Waals surface area contributed by atoms with Crippen molar-refractivity contribution in [2.75, 3.05) is 13.7 Å². The molecule has 0 aromatic carbocycles. The number of aliphatic hydroxyl groups is 1. The maximum absolute atomic E-state index is 12.6. The fraction of sp³-hybridized carbons (Fsp3) is 0.952. The highest BCUT2D eigenvalue weighted by Crippen LogP contribution is 2.61. The lowest BCUT2D eigenvalue weighted by molar-refractivity contribution is -0.152. The molecular formula is C21H34O3. The van der Waals surface area contributed by atoms with Crippen LogP contribution >= 0.6 is 0 Å². The Kier molecular flexibility index (Phi) is 4.32. The Bertz CT molecular complexity index is 503. The number of hydrogen-bond acceptors (Lipinski definition) is 3. The van der Waals surface area contributed by atoms with Gasteiger partial charge in [-0.25, -0.2) is 0 Å². The van der Waals surface area contributed by atoms with Crippen LogP contribution in [0.25, 0.3) is 0 Å². The minimum atomic E-state index is -0.591. The highest BCUT2D eigenvalue weighted by Gasteiger charge is 2.56. The predicted molar refractivity (Wildman–Crippen MR) is 93.6 cm³/mol. The molecule has 3 nitrogen and oxygen atoms in total. The van der Waals surface area contributed by atoms with Crippen LogP contribution in [0.4, 0.5) is 0 Å². The molecule has 136 valence electrons. The molecule has 0 unspecified atom stereocenters. The summed E-state index contributed by atoms with van der Waals surface area (Å²) in [6, 6.07) is 0. The average Bonchev–Trinajstić information content (AvgIpc) is 2.55. The summed E-state index contributed by atoms with van der Waals surface area (Å²) in [5, 5.41) is 10.8. The third kappa shape index (κ3) is 2.58. The molecule has 7 atom stereocenters. The third-order valence-electron chi connectivity index (χ3n) is 8.46. The first kappa shape index (κ1) is 17.0. The van der Waals surface area contributed by atoms with E-state index in [-0.39, 0.29) is 5.41 Å². The Balaban J connectivity index is 1.52. The highest BCUT2D eigenvalue weighted by atomic mass is 16.5. The van der Waals surface area contributed by atoms with Crippen molar-refractivity contribution in [2.24, 2.45) is 35.0 Å². The molecule has 4 fully saturated rings. The molecule has 4 aliphatic rings. The van der Waals surface area contributed by atoms with Gasteiger partial charge in [0.25, 0.3) is 0 Å². The van der Waals surface area contributed by atoms with Gasteiger partial charge in [-0.15, -0.1) is 0 Å². The molecule has 4 aliphatic carbocycles. The van der Waals surface area contributed by atoms with E-state index in [1.165, 1.54) is 25.7 Å². The second-order valence-electron chi connectivity index (χ2n) is 9.61. The van der Waals surface area contributed by atoms with Crippen molar-refractivity contribution in [1.29, 1.82) is 0 Å². The number of Topliss-reactive ketones (excluding diaryl/α,β-unsaturated/α-hetero) is 1. The van der Waals surface area contributed by atoms with Gasteiger partial charge in [-0.2, -0.15) is 0 Å². The Morgan fingerprint density at radius 2 is 1.88 bits per heavy atom. The normalized spacial score (nSPS) is 51.5. The first-order valence-electron chi connectivity index (χ1n) is 10.2. The van der Waals surface area contributed by atoms with E-state index in [1.807, 2.05) is 0 Å². The lowest BCUT2D eigenvalue weighted by Gasteiger charge is -2.58. The van der Waals surface area contributed by atoms with Gasteiger partial charge in [-0.05, 0) is 87.4 Å². The quantitative estimate of drug-likeness (QED) is 0.831. The summed E-state index contributed by atoms with van der Waals surface area (Å²) >= 11 is 0. The summed E-state index contributed by atoms with van der Waals surface area (Å²) in [7, 11) is 1.70. The van der Waals surface area contributed by atoms with Gasteiger partial charge in [0, 0.05) is 18.9 Å². The maximum atomic E-state index is 12.6. The third-order valence-corrected chi connectivity index (χ3v) is 8.46. The largest absolute Gasteiger partial charge is 0.387 e. The van der Waals surface area contributed by atoms with Crippen LogP contribution in [-0.2, 0) is 9.53 Å². The van der Waals surface area contributed by atoms with E-state index >= 15 is 0 Å². The van der Waals surface area contributed by atoms with E-state index in [9.17, 15) is 9.90 Å². The second-order valence-corrected chi connectivity index (χ2v) is 9.61. The molecule has 24 heavy (non-hydrogen) atoms. The van der Waals surface area contributed by atoms with Crippen molar-refractivity contribution < 1.29 is 14.6 Å². The van der Waals surface area contributed by atoms with Crippen molar-refractivity contribution in [1.82, 2.24) is 0 Å². The Morgan fingerprint density at radius 1 is 1.08 bits per heavy atom. The summed E-state index contributed by atoms with van der Waals surface area (Å²) in [6.07, 6.45) is 11.1. The first-order valence-corrected chi connectivity index (χ1v) is 10.2. The van der Waals surface area contributed by atoms with Gasteiger partial charge in [0.15, 0.2) is 0 Å². The van der Waals surface area contributed by atoms with Crippen LogP contribution in [0.2, 0.25) is 0 Å². The minimum absolute atomic E-state index is 0.0162. The molecule has 0 spiro atoms. The van der Waals surface area contributed by atoms with Crippen LogP contribution in [0.5, 0.6) is 0 Å². The molecule has 0 aliphatic heterocycles. The van der Waals surface area contributed by atoms with Crippen molar-refractivity contribution in [3.63, 3.8) is 0 Å². The Labute approximate surface area is 146 Å². The first-order chi connectivity index (χ1) is 11.5. The van der Waals surface area contributed by atoms with Gasteiger partial charge >= 0.3 is 0 Å².